The maximum absolute atomic E-state index is 12.9. The standard InChI is InChI=1S/C24H26N2O3S/c27-23(14-19-8-3-7-18-6-1-2-11-22(18)19)25-15-24(28)26(16-20-9-4-12-29-20)17-21-10-5-13-30-21/h1-3,5-8,10-11,13,20H,4,9,12,14-17H2,(H,25,27). The van der Waals surface area contributed by atoms with E-state index < -0.39 is 0 Å². The number of nitrogens with zero attached hydrogens (tertiary/aromatic N) is 1. The van der Waals surface area contributed by atoms with Crippen molar-refractivity contribution in [3.05, 3.63) is 70.4 Å². The maximum Gasteiger partial charge on any atom is 0.242 e. The van der Waals surface area contributed by atoms with Crippen molar-refractivity contribution >= 4 is 33.9 Å². The topological polar surface area (TPSA) is 58.6 Å². The highest BCUT2D eigenvalue weighted by Crippen LogP contribution is 2.19. The van der Waals surface area contributed by atoms with Crippen LogP contribution in [0.4, 0.5) is 0 Å². The van der Waals surface area contributed by atoms with Crippen LogP contribution in [-0.2, 0) is 27.3 Å². The zero-order chi connectivity index (χ0) is 20.8. The number of rotatable bonds is 8. The van der Waals surface area contributed by atoms with Crippen LogP contribution < -0.4 is 5.32 Å². The number of ether oxygens (including phenoxy) is 1. The molecule has 5 nitrogen and oxygen atoms in total. The molecule has 0 saturated carbocycles. The molecule has 1 aromatic heterocycles. The van der Waals surface area contributed by atoms with Gasteiger partial charge < -0.3 is 15.0 Å². The second kappa shape index (κ2) is 9.87. The van der Waals surface area contributed by atoms with E-state index in [1.54, 1.807) is 16.2 Å². The van der Waals surface area contributed by atoms with Gasteiger partial charge in [-0.15, -0.1) is 11.3 Å². The van der Waals surface area contributed by atoms with Crippen molar-refractivity contribution in [1.82, 2.24) is 10.2 Å². The third-order valence-corrected chi connectivity index (χ3v) is 6.26. The van der Waals surface area contributed by atoms with Gasteiger partial charge in [-0.1, -0.05) is 48.5 Å². The van der Waals surface area contributed by atoms with Gasteiger partial charge in [0.2, 0.25) is 11.8 Å². The average Bonchev–Trinajstić information content (AvgIpc) is 3.46. The first-order chi connectivity index (χ1) is 14.7. The average molecular weight is 423 g/mol. The molecule has 0 spiro atoms. The first-order valence-corrected chi connectivity index (χ1v) is 11.2. The Bertz CT molecular complexity index is 991. The summed E-state index contributed by atoms with van der Waals surface area (Å²) in [7, 11) is 0. The molecule has 1 aliphatic rings. The minimum absolute atomic E-state index is 0.00168. The minimum atomic E-state index is -0.145. The summed E-state index contributed by atoms with van der Waals surface area (Å²) in [4.78, 5) is 28.4. The Hall–Kier alpha value is -2.70. The fourth-order valence-electron chi connectivity index (χ4n) is 3.85. The van der Waals surface area contributed by atoms with Crippen LogP contribution in [0.2, 0.25) is 0 Å². The molecule has 0 aliphatic carbocycles. The summed E-state index contributed by atoms with van der Waals surface area (Å²) in [6.07, 6.45) is 2.35. The monoisotopic (exact) mass is 422 g/mol. The van der Waals surface area contributed by atoms with E-state index in [1.807, 2.05) is 60.0 Å². The molecule has 3 aromatic rings. The molecular weight excluding hydrogens is 396 g/mol. The van der Waals surface area contributed by atoms with Crippen molar-refractivity contribution in [2.24, 2.45) is 0 Å². The van der Waals surface area contributed by atoms with Crippen molar-refractivity contribution < 1.29 is 14.3 Å². The highest BCUT2D eigenvalue weighted by atomic mass is 32.1. The molecule has 1 aliphatic heterocycles. The number of carbonyl (C=O) groups is 2. The number of hydrogen-bond acceptors (Lipinski definition) is 4. The molecule has 156 valence electrons. The number of nitrogens with one attached hydrogen (secondary N) is 1. The van der Waals surface area contributed by atoms with Gasteiger partial charge in [-0.25, -0.2) is 0 Å². The van der Waals surface area contributed by atoms with Gasteiger partial charge in [0.1, 0.15) is 0 Å². The largest absolute Gasteiger partial charge is 0.376 e. The molecule has 1 fully saturated rings. The molecule has 30 heavy (non-hydrogen) atoms. The Kier molecular flexibility index (Phi) is 6.77. The van der Waals surface area contributed by atoms with Crippen molar-refractivity contribution in [2.75, 3.05) is 19.7 Å². The van der Waals surface area contributed by atoms with E-state index in [0.29, 0.717) is 13.1 Å². The lowest BCUT2D eigenvalue weighted by molar-refractivity contribution is -0.134. The Labute approximate surface area is 180 Å². The van der Waals surface area contributed by atoms with E-state index in [4.69, 9.17) is 4.74 Å². The number of fused-ring (bicyclic) bond motifs is 1. The number of carbonyl (C=O) groups excluding carboxylic acids is 2. The van der Waals surface area contributed by atoms with Crippen molar-refractivity contribution in [2.45, 2.75) is 31.9 Å². The lowest BCUT2D eigenvalue weighted by Gasteiger charge is -2.25. The Morgan fingerprint density at radius 1 is 1.10 bits per heavy atom. The van der Waals surface area contributed by atoms with Crippen LogP contribution in [0.1, 0.15) is 23.3 Å². The molecule has 2 heterocycles. The van der Waals surface area contributed by atoms with E-state index in [1.165, 1.54) is 0 Å². The first kappa shape index (κ1) is 20.6. The molecule has 4 rings (SSSR count). The lowest BCUT2D eigenvalue weighted by atomic mass is 10.0. The second-order valence-corrected chi connectivity index (χ2v) is 8.61. The summed E-state index contributed by atoms with van der Waals surface area (Å²) in [6, 6.07) is 18.0. The zero-order valence-corrected chi connectivity index (χ0v) is 17.7. The molecule has 1 unspecified atom stereocenters. The van der Waals surface area contributed by atoms with E-state index >= 15 is 0 Å². The molecular formula is C24H26N2O3S. The van der Waals surface area contributed by atoms with Crippen LogP contribution in [-0.4, -0.2) is 42.5 Å². The predicted octanol–water partition coefficient (Wildman–Crippen LogP) is 3.77. The van der Waals surface area contributed by atoms with Crippen LogP contribution in [0.25, 0.3) is 10.8 Å². The molecule has 6 heteroatoms. The van der Waals surface area contributed by atoms with Gasteiger partial charge in [0.25, 0.3) is 0 Å². The summed E-state index contributed by atoms with van der Waals surface area (Å²) in [5.74, 6) is -0.224. The van der Waals surface area contributed by atoms with Crippen LogP contribution >= 0.6 is 11.3 Å². The summed E-state index contributed by atoms with van der Waals surface area (Å²) >= 11 is 1.63. The number of hydrogen-bond donors (Lipinski definition) is 1. The third-order valence-electron chi connectivity index (χ3n) is 5.40. The van der Waals surface area contributed by atoms with Gasteiger partial charge in [0.05, 0.1) is 25.6 Å². The second-order valence-electron chi connectivity index (χ2n) is 7.58. The smallest absolute Gasteiger partial charge is 0.242 e. The summed E-state index contributed by atoms with van der Waals surface area (Å²) in [5.41, 5.74) is 0.966. The normalized spacial score (nSPS) is 15.9. The molecule has 0 radical (unpaired) electrons. The fraction of sp³-hybridized carbons (Fsp3) is 0.333. The van der Waals surface area contributed by atoms with Crippen LogP contribution in [0, 0.1) is 0 Å². The number of benzene rings is 2. The van der Waals surface area contributed by atoms with Crippen LogP contribution in [0.15, 0.2) is 60.0 Å². The summed E-state index contributed by atoms with van der Waals surface area (Å²) in [5, 5.41) is 7.00. The molecule has 2 aromatic carbocycles. The minimum Gasteiger partial charge on any atom is -0.376 e. The zero-order valence-electron chi connectivity index (χ0n) is 16.9. The van der Waals surface area contributed by atoms with Crippen molar-refractivity contribution in [3.8, 4) is 0 Å². The molecule has 1 saturated heterocycles. The van der Waals surface area contributed by atoms with E-state index in [9.17, 15) is 9.59 Å². The lowest BCUT2D eigenvalue weighted by Crippen LogP contribution is -2.43. The van der Waals surface area contributed by atoms with Crippen molar-refractivity contribution in [1.29, 1.82) is 0 Å². The van der Waals surface area contributed by atoms with E-state index in [0.717, 1.165) is 40.7 Å². The van der Waals surface area contributed by atoms with E-state index in [-0.39, 0.29) is 30.9 Å². The fourth-order valence-corrected chi connectivity index (χ4v) is 4.57. The summed E-state index contributed by atoms with van der Waals surface area (Å²) < 4.78 is 5.72. The highest BCUT2D eigenvalue weighted by molar-refractivity contribution is 7.09. The Morgan fingerprint density at radius 3 is 2.77 bits per heavy atom. The van der Waals surface area contributed by atoms with Crippen molar-refractivity contribution in [3.63, 3.8) is 0 Å². The SMILES string of the molecule is O=C(Cc1cccc2ccccc12)NCC(=O)N(Cc1cccs1)CC1CCCO1. The van der Waals surface area contributed by atoms with Gasteiger partial charge in [0.15, 0.2) is 0 Å². The third kappa shape index (κ3) is 5.26. The number of thiophene rings is 1. The molecule has 2 amide bonds. The molecule has 1 N–H and O–H groups in total. The van der Waals surface area contributed by atoms with E-state index in [2.05, 4.69) is 5.32 Å². The van der Waals surface area contributed by atoms with Gasteiger partial charge >= 0.3 is 0 Å². The van der Waals surface area contributed by atoms with Gasteiger partial charge in [-0.2, -0.15) is 0 Å². The number of amides is 2. The predicted molar refractivity (Wildman–Crippen MR) is 119 cm³/mol. The summed E-state index contributed by atoms with van der Waals surface area (Å²) in [6.45, 7) is 1.88. The van der Waals surface area contributed by atoms with Gasteiger partial charge in [0, 0.05) is 18.0 Å². The maximum atomic E-state index is 12.9. The molecule has 1 atom stereocenters. The molecule has 0 bridgehead atoms. The Balaban J connectivity index is 1.36. The quantitative estimate of drug-likeness (QED) is 0.601. The van der Waals surface area contributed by atoms with Crippen LogP contribution in [0.3, 0.4) is 0 Å². The first-order valence-electron chi connectivity index (χ1n) is 10.3. The highest BCUT2D eigenvalue weighted by Gasteiger charge is 2.23. The van der Waals surface area contributed by atoms with Gasteiger partial charge in [-0.05, 0) is 40.6 Å². The van der Waals surface area contributed by atoms with Crippen LogP contribution in [0.5, 0.6) is 0 Å². The van der Waals surface area contributed by atoms with Gasteiger partial charge in [-0.3, -0.25) is 9.59 Å². The Morgan fingerprint density at radius 2 is 1.97 bits per heavy atom.